The Bertz CT molecular complexity index is 476. The van der Waals surface area contributed by atoms with Gasteiger partial charge in [-0.2, -0.15) is 0 Å². The first-order valence-electron chi connectivity index (χ1n) is 6.74. The highest BCUT2D eigenvalue weighted by Crippen LogP contribution is 2.17. The van der Waals surface area contributed by atoms with Crippen molar-refractivity contribution in [1.82, 2.24) is 0 Å². The number of hydrogen-bond donors (Lipinski definition) is 1. The third-order valence-corrected chi connectivity index (χ3v) is 3.18. The molecule has 0 saturated heterocycles. The van der Waals surface area contributed by atoms with Crippen molar-refractivity contribution in [3.63, 3.8) is 0 Å². The van der Waals surface area contributed by atoms with E-state index in [9.17, 15) is 5.11 Å². The molecule has 0 aromatic heterocycles. The van der Waals surface area contributed by atoms with Crippen LogP contribution in [0.2, 0.25) is 0 Å². The Morgan fingerprint density at radius 2 is 1.68 bits per heavy atom. The second-order valence-electron chi connectivity index (χ2n) is 4.56. The molecular formula is C17H20O2. The smallest absolute Gasteiger partial charge is 0.119 e. The second kappa shape index (κ2) is 6.95. The summed E-state index contributed by atoms with van der Waals surface area (Å²) in [5, 5.41) is 10.0. The maximum Gasteiger partial charge on any atom is 0.119 e. The number of rotatable bonds is 6. The number of aliphatic hydroxyl groups excluding tert-OH is 1. The maximum atomic E-state index is 10.0. The van der Waals surface area contributed by atoms with E-state index < -0.39 is 6.10 Å². The molecule has 1 N–H and O–H groups in total. The molecule has 0 amide bonds. The predicted octanol–water partition coefficient (Wildman–Crippen LogP) is 3.75. The Morgan fingerprint density at radius 1 is 1.00 bits per heavy atom. The molecule has 100 valence electrons. The molecule has 2 rings (SSSR count). The quantitative estimate of drug-likeness (QED) is 0.853. The average Bonchev–Trinajstić information content (AvgIpc) is 2.49. The molecule has 2 heteroatoms. The molecular weight excluding hydrogens is 236 g/mol. The maximum absolute atomic E-state index is 10.0. The van der Waals surface area contributed by atoms with Gasteiger partial charge in [-0.25, -0.2) is 0 Å². The van der Waals surface area contributed by atoms with Crippen molar-refractivity contribution in [2.75, 3.05) is 6.61 Å². The van der Waals surface area contributed by atoms with E-state index >= 15 is 0 Å². The zero-order valence-corrected chi connectivity index (χ0v) is 11.3. The summed E-state index contributed by atoms with van der Waals surface area (Å²) in [6.45, 7) is 2.65. The molecule has 1 atom stereocenters. The van der Waals surface area contributed by atoms with Gasteiger partial charge in [-0.1, -0.05) is 49.4 Å². The first kappa shape index (κ1) is 13.6. The van der Waals surface area contributed by atoms with E-state index in [1.54, 1.807) is 0 Å². The Labute approximate surface area is 114 Å². The molecule has 0 aliphatic rings. The number of benzene rings is 2. The fourth-order valence-electron chi connectivity index (χ4n) is 1.95. The Kier molecular flexibility index (Phi) is 4.99. The van der Waals surface area contributed by atoms with E-state index in [0.29, 0.717) is 13.0 Å². The van der Waals surface area contributed by atoms with Gasteiger partial charge in [0.25, 0.3) is 0 Å². The van der Waals surface area contributed by atoms with Crippen molar-refractivity contribution in [2.24, 2.45) is 0 Å². The van der Waals surface area contributed by atoms with Gasteiger partial charge in [0.1, 0.15) is 5.75 Å². The van der Waals surface area contributed by atoms with E-state index in [0.717, 1.165) is 17.7 Å². The number of aliphatic hydroxyl groups is 1. The molecule has 2 aromatic rings. The molecule has 0 aliphatic carbocycles. The fraction of sp³-hybridized carbons (Fsp3) is 0.294. The molecule has 0 bridgehead atoms. The van der Waals surface area contributed by atoms with Crippen molar-refractivity contribution in [3.05, 3.63) is 65.7 Å². The summed E-state index contributed by atoms with van der Waals surface area (Å²) in [7, 11) is 0. The average molecular weight is 256 g/mol. The number of aryl methyl sites for hydroxylation is 1. The lowest BCUT2D eigenvalue weighted by molar-refractivity contribution is 0.141. The second-order valence-corrected chi connectivity index (χ2v) is 4.56. The zero-order valence-electron chi connectivity index (χ0n) is 11.3. The van der Waals surface area contributed by atoms with E-state index in [-0.39, 0.29) is 0 Å². The highest BCUT2D eigenvalue weighted by molar-refractivity contribution is 5.27. The zero-order chi connectivity index (χ0) is 13.5. The Morgan fingerprint density at radius 3 is 2.32 bits per heavy atom. The first-order chi connectivity index (χ1) is 9.29. The number of ether oxygens (including phenoxy) is 1. The Balaban J connectivity index is 1.79. The van der Waals surface area contributed by atoms with Crippen LogP contribution < -0.4 is 4.74 Å². The van der Waals surface area contributed by atoms with Gasteiger partial charge < -0.3 is 9.84 Å². The minimum absolute atomic E-state index is 0.462. The molecule has 19 heavy (non-hydrogen) atoms. The summed E-state index contributed by atoms with van der Waals surface area (Å²) in [6.07, 6.45) is 1.17. The third-order valence-electron chi connectivity index (χ3n) is 3.18. The van der Waals surface area contributed by atoms with Gasteiger partial charge in [-0.15, -0.1) is 0 Å². The van der Waals surface area contributed by atoms with Crippen molar-refractivity contribution >= 4 is 0 Å². The van der Waals surface area contributed by atoms with Crippen LogP contribution in [0.25, 0.3) is 0 Å². The minimum atomic E-state index is -0.462. The lowest BCUT2D eigenvalue weighted by Gasteiger charge is -2.12. The van der Waals surface area contributed by atoms with Crippen molar-refractivity contribution < 1.29 is 9.84 Å². The third kappa shape index (κ3) is 4.11. The molecule has 2 aromatic carbocycles. The van der Waals surface area contributed by atoms with Crippen LogP contribution in [0.4, 0.5) is 0 Å². The van der Waals surface area contributed by atoms with Crippen LogP contribution in [0.1, 0.15) is 30.6 Å². The molecule has 0 radical (unpaired) electrons. The number of hydrogen-bond acceptors (Lipinski definition) is 2. The van der Waals surface area contributed by atoms with E-state index in [1.807, 2.05) is 42.5 Å². The van der Waals surface area contributed by atoms with Gasteiger partial charge in [0, 0.05) is 6.42 Å². The van der Waals surface area contributed by atoms with Crippen molar-refractivity contribution in [3.8, 4) is 5.75 Å². The Hall–Kier alpha value is -1.80. The van der Waals surface area contributed by atoms with Gasteiger partial charge >= 0.3 is 0 Å². The fourth-order valence-corrected chi connectivity index (χ4v) is 1.95. The molecule has 0 spiro atoms. The normalized spacial score (nSPS) is 12.1. The van der Waals surface area contributed by atoms with E-state index in [1.165, 1.54) is 5.56 Å². The van der Waals surface area contributed by atoms with Gasteiger partial charge in [-0.3, -0.25) is 0 Å². The SMILES string of the molecule is CCc1ccc(OCCC(O)c2ccccc2)cc1. The van der Waals surface area contributed by atoms with Gasteiger partial charge in [0.05, 0.1) is 12.7 Å². The highest BCUT2D eigenvalue weighted by atomic mass is 16.5. The standard InChI is InChI=1S/C17H20O2/c1-2-14-8-10-16(11-9-14)19-13-12-17(18)15-6-4-3-5-7-15/h3-11,17-18H,2,12-13H2,1H3. The molecule has 1 unspecified atom stereocenters. The molecule has 0 heterocycles. The van der Waals surface area contributed by atoms with Crippen LogP contribution >= 0.6 is 0 Å². The van der Waals surface area contributed by atoms with E-state index in [4.69, 9.17) is 4.74 Å². The van der Waals surface area contributed by atoms with Gasteiger partial charge in [0.2, 0.25) is 0 Å². The van der Waals surface area contributed by atoms with Crippen LogP contribution in [-0.2, 0) is 6.42 Å². The summed E-state index contributed by atoms with van der Waals surface area (Å²) in [6, 6.07) is 17.8. The van der Waals surface area contributed by atoms with Crippen LogP contribution in [0.15, 0.2) is 54.6 Å². The van der Waals surface area contributed by atoms with Crippen LogP contribution in [-0.4, -0.2) is 11.7 Å². The molecule has 0 aliphatic heterocycles. The summed E-state index contributed by atoms with van der Waals surface area (Å²) in [4.78, 5) is 0. The highest BCUT2D eigenvalue weighted by Gasteiger charge is 2.06. The van der Waals surface area contributed by atoms with E-state index in [2.05, 4.69) is 19.1 Å². The van der Waals surface area contributed by atoms with Crippen LogP contribution in [0.5, 0.6) is 5.75 Å². The monoisotopic (exact) mass is 256 g/mol. The van der Waals surface area contributed by atoms with Crippen LogP contribution in [0.3, 0.4) is 0 Å². The van der Waals surface area contributed by atoms with Crippen LogP contribution in [0, 0.1) is 0 Å². The first-order valence-corrected chi connectivity index (χ1v) is 6.74. The lowest BCUT2D eigenvalue weighted by atomic mass is 10.1. The lowest BCUT2D eigenvalue weighted by Crippen LogP contribution is -2.05. The summed E-state index contributed by atoms with van der Waals surface area (Å²) in [5.74, 6) is 0.859. The molecule has 2 nitrogen and oxygen atoms in total. The molecule has 0 fully saturated rings. The van der Waals surface area contributed by atoms with Gasteiger partial charge in [0.15, 0.2) is 0 Å². The summed E-state index contributed by atoms with van der Waals surface area (Å²) in [5.41, 5.74) is 2.24. The summed E-state index contributed by atoms with van der Waals surface area (Å²) >= 11 is 0. The van der Waals surface area contributed by atoms with Gasteiger partial charge in [-0.05, 0) is 29.7 Å². The molecule has 0 saturated carbocycles. The largest absolute Gasteiger partial charge is 0.493 e. The predicted molar refractivity (Wildman–Crippen MR) is 77.3 cm³/mol. The topological polar surface area (TPSA) is 29.5 Å². The minimum Gasteiger partial charge on any atom is -0.493 e. The summed E-state index contributed by atoms with van der Waals surface area (Å²) < 4.78 is 5.64. The van der Waals surface area contributed by atoms with Crippen molar-refractivity contribution in [1.29, 1.82) is 0 Å². The van der Waals surface area contributed by atoms with Crippen molar-refractivity contribution in [2.45, 2.75) is 25.9 Å².